The monoisotopic (exact) mass is 328 g/mol. The van der Waals surface area contributed by atoms with E-state index in [2.05, 4.69) is 0 Å². The van der Waals surface area contributed by atoms with Crippen LogP contribution in [0.3, 0.4) is 0 Å². The number of benzene rings is 2. The molecule has 2 aromatic rings. The van der Waals surface area contributed by atoms with E-state index in [4.69, 9.17) is 18.9 Å². The molecule has 5 nitrogen and oxygen atoms in total. The predicted octanol–water partition coefficient (Wildman–Crippen LogP) is 3.13. The molecule has 0 N–H and O–H groups in total. The van der Waals surface area contributed by atoms with Crippen LogP contribution in [-0.2, 0) is 29.5 Å². The van der Waals surface area contributed by atoms with E-state index in [9.17, 15) is 4.79 Å². The van der Waals surface area contributed by atoms with Crippen molar-refractivity contribution in [3.05, 3.63) is 59.9 Å². The third kappa shape index (κ3) is 2.88. The van der Waals surface area contributed by atoms with E-state index in [1.807, 2.05) is 42.5 Å². The van der Waals surface area contributed by atoms with Gasteiger partial charge in [0.2, 0.25) is 11.5 Å². The summed E-state index contributed by atoms with van der Waals surface area (Å²) in [5.41, 5.74) is 0.820. The number of hydrogen-bond acceptors (Lipinski definition) is 5. The van der Waals surface area contributed by atoms with E-state index in [0.29, 0.717) is 6.42 Å². The minimum absolute atomic E-state index is 0.0885. The summed E-state index contributed by atoms with van der Waals surface area (Å²) < 4.78 is 21.9. The third-order valence-electron chi connectivity index (χ3n) is 4.29. The van der Waals surface area contributed by atoms with Gasteiger partial charge in [-0.3, -0.25) is 0 Å². The molecule has 1 heterocycles. The summed E-state index contributed by atoms with van der Waals surface area (Å²) in [6, 6.07) is 14.0. The molecule has 0 unspecified atom stereocenters. The zero-order chi connectivity index (χ0) is 17.2. The molecule has 0 aliphatic carbocycles. The van der Waals surface area contributed by atoms with Gasteiger partial charge in [0.1, 0.15) is 0 Å². The Bertz CT molecular complexity index is 782. The number of hydrogen-bond donors (Lipinski definition) is 0. The number of methoxy groups -OCH3 is 3. The summed E-state index contributed by atoms with van der Waals surface area (Å²) in [6.45, 7) is 0. The Morgan fingerprint density at radius 3 is 2.54 bits per heavy atom. The summed E-state index contributed by atoms with van der Waals surface area (Å²) in [4.78, 5) is 11.9. The first-order valence-electron chi connectivity index (χ1n) is 7.68. The lowest BCUT2D eigenvalue weighted by molar-refractivity contribution is -0.235. The van der Waals surface area contributed by atoms with Crippen LogP contribution in [0.1, 0.15) is 12.0 Å². The normalized spacial score (nSPS) is 23.5. The first-order chi connectivity index (χ1) is 11.6. The smallest absolute Gasteiger partial charge is 0.373 e. The first-order valence-corrected chi connectivity index (χ1v) is 7.68. The number of fused-ring (bicyclic) bond motifs is 1. The van der Waals surface area contributed by atoms with Crippen LogP contribution in [0.25, 0.3) is 10.8 Å². The maximum absolute atomic E-state index is 11.9. The zero-order valence-electron chi connectivity index (χ0n) is 13.9. The largest absolute Gasteiger partial charge is 0.463 e. The molecule has 3 rings (SSSR count). The molecule has 0 fully saturated rings. The molecule has 0 saturated heterocycles. The Kier molecular flexibility index (Phi) is 4.55. The lowest BCUT2D eigenvalue weighted by atomic mass is 9.94. The molecule has 0 saturated carbocycles. The molecular formula is C19H20O5. The molecule has 0 aromatic heterocycles. The second-order valence-corrected chi connectivity index (χ2v) is 5.62. The topological polar surface area (TPSA) is 54.0 Å². The predicted molar refractivity (Wildman–Crippen MR) is 89.2 cm³/mol. The minimum Gasteiger partial charge on any atom is -0.463 e. The molecule has 1 aliphatic heterocycles. The van der Waals surface area contributed by atoms with Gasteiger partial charge in [-0.25, -0.2) is 4.79 Å². The van der Waals surface area contributed by atoms with Crippen molar-refractivity contribution in [3.63, 3.8) is 0 Å². The first kappa shape index (κ1) is 16.5. The lowest BCUT2D eigenvalue weighted by Crippen LogP contribution is -2.40. The number of carbonyl (C=O) groups is 1. The maximum Gasteiger partial charge on any atom is 0.373 e. The summed E-state index contributed by atoms with van der Waals surface area (Å²) in [5, 5.41) is 2.19. The second kappa shape index (κ2) is 6.63. The SMILES string of the molecule is COC(=O)C1=C[C@H](OC)C[C@](OC)(c2ccc3ccccc3c2)O1. The lowest BCUT2D eigenvalue weighted by Gasteiger charge is -2.38. The molecule has 0 amide bonds. The molecule has 24 heavy (non-hydrogen) atoms. The molecule has 5 heteroatoms. The molecule has 0 spiro atoms. The fraction of sp³-hybridized carbons (Fsp3) is 0.316. The summed E-state index contributed by atoms with van der Waals surface area (Å²) in [6.07, 6.45) is 1.72. The van der Waals surface area contributed by atoms with Gasteiger partial charge in [-0.15, -0.1) is 0 Å². The van der Waals surface area contributed by atoms with Crippen LogP contribution < -0.4 is 0 Å². The molecule has 2 atom stereocenters. The Hall–Kier alpha value is -2.37. The molecule has 0 radical (unpaired) electrons. The van der Waals surface area contributed by atoms with Gasteiger partial charge in [-0.2, -0.15) is 0 Å². The van der Waals surface area contributed by atoms with Crippen LogP contribution in [0.4, 0.5) is 0 Å². The number of ether oxygens (including phenoxy) is 4. The van der Waals surface area contributed by atoms with Gasteiger partial charge < -0.3 is 18.9 Å². The van der Waals surface area contributed by atoms with Crippen LogP contribution in [0.15, 0.2) is 54.3 Å². The molecule has 1 aliphatic rings. The van der Waals surface area contributed by atoms with E-state index in [1.165, 1.54) is 7.11 Å². The van der Waals surface area contributed by atoms with Crippen LogP contribution in [0.5, 0.6) is 0 Å². The Morgan fingerprint density at radius 2 is 1.88 bits per heavy atom. The molecule has 126 valence electrons. The van der Waals surface area contributed by atoms with Gasteiger partial charge in [0.05, 0.1) is 13.2 Å². The van der Waals surface area contributed by atoms with Crippen molar-refractivity contribution >= 4 is 16.7 Å². The zero-order valence-corrected chi connectivity index (χ0v) is 13.9. The Morgan fingerprint density at radius 1 is 1.12 bits per heavy atom. The summed E-state index contributed by atoms with van der Waals surface area (Å²) >= 11 is 0. The van der Waals surface area contributed by atoms with E-state index < -0.39 is 11.8 Å². The number of rotatable bonds is 4. The van der Waals surface area contributed by atoms with E-state index in [0.717, 1.165) is 16.3 Å². The Labute approximate surface area is 140 Å². The maximum atomic E-state index is 11.9. The van der Waals surface area contributed by atoms with Gasteiger partial charge >= 0.3 is 5.97 Å². The summed E-state index contributed by atoms with van der Waals surface area (Å²) in [7, 11) is 4.46. The van der Waals surface area contributed by atoms with Crippen molar-refractivity contribution in [2.75, 3.05) is 21.3 Å². The number of carbonyl (C=O) groups excluding carboxylic acids is 1. The van der Waals surface area contributed by atoms with Crippen molar-refractivity contribution < 1.29 is 23.7 Å². The average Bonchev–Trinajstić information content (AvgIpc) is 2.66. The van der Waals surface area contributed by atoms with Crippen molar-refractivity contribution in [3.8, 4) is 0 Å². The average molecular weight is 328 g/mol. The fourth-order valence-electron chi connectivity index (χ4n) is 2.95. The van der Waals surface area contributed by atoms with Crippen molar-refractivity contribution in [1.82, 2.24) is 0 Å². The van der Waals surface area contributed by atoms with Gasteiger partial charge in [-0.05, 0) is 22.9 Å². The highest BCUT2D eigenvalue weighted by molar-refractivity contribution is 5.86. The van der Waals surface area contributed by atoms with Crippen molar-refractivity contribution in [2.24, 2.45) is 0 Å². The van der Waals surface area contributed by atoms with Gasteiger partial charge in [-0.1, -0.05) is 36.4 Å². The van der Waals surface area contributed by atoms with Crippen molar-refractivity contribution in [1.29, 1.82) is 0 Å². The van der Waals surface area contributed by atoms with E-state index in [-0.39, 0.29) is 11.9 Å². The fourth-order valence-corrected chi connectivity index (χ4v) is 2.95. The highest BCUT2D eigenvalue weighted by atomic mass is 16.7. The minimum atomic E-state index is -1.11. The second-order valence-electron chi connectivity index (χ2n) is 5.62. The summed E-state index contributed by atoms with van der Waals surface area (Å²) in [5.74, 6) is -1.58. The molecular weight excluding hydrogens is 308 g/mol. The van der Waals surface area contributed by atoms with Gasteiger partial charge in [0.25, 0.3) is 0 Å². The number of esters is 1. The van der Waals surface area contributed by atoms with Gasteiger partial charge in [0, 0.05) is 26.2 Å². The highest BCUT2D eigenvalue weighted by Gasteiger charge is 2.43. The van der Waals surface area contributed by atoms with Gasteiger partial charge in [0.15, 0.2) is 0 Å². The highest BCUT2D eigenvalue weighted by Crippen LogP contribution is 2.39. The van der Waals surface area contributed by atoms with Crippen LogP contribution in [0, 0.1) is 0 Å². The van der Waals surface area contributed by atoms with E-state index >= 15 is 0 Å². The van der Waals surface area contributed by atoms with Crippen LogP contribution in [-0.4, -0.2) is 33.4 Å². The quantitative estimate of drug-likeness (QED) is 0.807. The third-order valence-corrected chi connectivity index (χ3v) is 4.29. The van der Waals surface area contributed by atoms with E-state index in [1.54, 1.807) is 20.3 Å². The molecule has 2 aromatic carbocycles. The van der Waals surface area contributed by atoms with Crippen molar-refractivity contribution in [2.45, 2.75) is 18.3 Å². The Balaban J connectivity index is 2.06. The van der Waals surface area contributed by atoms with Crippen LogP contribution >= 0.6 is 0 Å². The van der Waals surface area contributed by atoms with Crippen LogP contribution in [0.2, 0.25) is 0 Å². The standard InChI is InChI=1S/C19H20O5/c1-21-16-11-17(18(20)22-2)24-19(12-16,23-3)15-9-8-13-6-4-5-7-14(13)10-15/h4-11,16H,12H2,1-3H3/t16-,19+/m0/s1. The molecule has 0 bridgehead atoms.